The van der Waals surface area contributed by atoms with Crippen LogP contribution in [0.15, 0.2) is 28.7 Å². The molecule has 1 saturated heterocycles. The van der Waals surface area contributed by atoms with Crippen molar-refractivity contribution in [3.63, 3.8) is 0 Å². The van der Waals surface area contributed by atoms with Gasteiger partial charge in [0.1, 0.15) is 0 Å². The van der Waals surface area contributed by atoms with Crippen molar-refractivity contribution in [2.75, 3.05) is 25.0 Å². The molecule has 1 aromatic carbocycles. The van der Waals surface area contributed by atoms with Crippen molar-refractivity contribution in [2.24, 2.45) is 0 Å². The van der Waals surface area contributed by atoms with E-state index < -0.39 is 0 Å². The fourth-order valence-electron chi connectivity index (χ4n) is 2.48. The summed E-state index contributed by atoms with van der Waals surface area (Å²) in [6, 6.07) is 7.61. The molecule has 1 heterocycles. The first-order chi connectivity index (χ1) is 9.52. The highest BCUT2D eigenvalue weighted by atomic mass is 79.9. The van der Waals surface area contributed by atoms with Crippen LogP contribution < -0.4 is 5.32 Å². The number of nitrogens with zero attached hydrogens (tertiary/aromatic N) is 1. The zero-order valence-corrected chi connectivity index (χ0v) is 13.5. The summed E-state index contributed by atoms with van der Waals surface area (Å²) in [5.41, 5.74) is 0.835. The number of halogens is 1. The van der Waals surface area contributed by atoms with E-state index in [9.17, 15) is 4.79 Å². The standard InChI is InChI=1S/C15H21BrN2O2/c1-11-9-18(10-12(2)20-11)8-7-15(19)17-14-5-3-13(16)4-6-14/h3-6,11-12H,7-10H2,1-2H3,(H,17,19)/t11-,12+. The van der Waals surface area contributed by atoms with E-state index in [2.05, 4.69) is 40.0 Å². The number of nitrogens with one attached hydrogen (secondary N) is 1. The van der Waals surface area contributed by atoms with Gasteiger partial charge in [-0.3, -0.25) is 9.69 Å². The van der Waals surface area contributed by atoms with Crippen LogP contribution in [0.3, 0.4) is 0 Å². The van der Waals surface area contributed by atoms with Crippen LogP contribution in [0.25, 0.3) is 0 Å². The first-order valence-electron chi connectivity index (χ1n) is 6.96. The zero-order chi connectivity index (χ0) is 14.5. The molecule has 1 amide bonds. The third kappa shape index (κ3) is 4.89. The lowest BCUT2D eigenvalue weighted by Crippen LogP contribution is -2.46. The summed E-state index contributed by atoms with van der Waals surface area (Å²) in [6.45, 7) is 6.72. The molecule has 1 aliphatic heterocycles. The van der Waals surface area contributed by atoms with Gasteiger partial charge in [0.25, 0.3) is 0 Å². The molecule has 0 bridgehead atoms. The summed E-state index contributed by atoms with van der Waals surface area (Å²) in [5, 5.41) is 2.91. The van der Waals surface area contributed by atoms with Crippen LogP contribution in [0, 0.1) is 0 Å². The number of carbonyl (C=O) groups is 1. The number of anilines is 1. The minimum atomic E-state index is 0.0547. The van der Waals surface area contributed by atoms with Crippen LogP contribution in [0.1, 0.15) is 20.3 Å². The van der Waals surface area contributed by atoms with Crippen LogP contribution >= 0.6 is 15.9 Å². The van der Waals surface area contributed by atoms with Gasteiger partial charge in [-0.15, -0.1) is 0 Å². The quantitative estimate of drug-likeness (QED) is 0.916. The Balaban J connectivity index is 1.76. The van der Waals surface area contributed by atoms with Gasteiger partial charge in [-0.25, -0.2) is 0 Å². The Morgan fingerprint density at radius 1 is 1.30 bits per heavy atom. The van der Waals surface area contributed by atoms with Crippen LogP contribution in [0.4, 0.5) is 5.69 Å². The van der Waals surface area contributed by atoms with Crippen LogP contribution in [0.2, 0.25) is 0 Å². The molecule has 4 nitrogen and oxygen atoms in total. The summed E-state index contributed by atoms with van der Waals surface area (Å²) in [7, 11) is 0. The highest BCUT2D eigenvalue weighted by molar-refractivity contribution is 9.10. The topological polar surface area (TPSA) is 41.6 Å². The average molecular weight is 341 g/mol. The molecule has 5 heteroatoms. The van der Waals surface area contributed by atoms with Crippen molar-refractivity contribution in [3.05, 3.63) is 28.7 Å². The second-order valence-electron chi connectivity index (χ2n) is 5.32. The van der Waals surface area contributed by atoms with E-state index in [1.807, 2.05) is 24.3 Å². The van der Waals surface area contributed by atoms with Crippen molar-refractivity contribution in [1.82, 2.24) is 4.90 Å². The second-order valence-corrected chi connectivity index (χ2v) is 6.24. The monoisotopic (exact) mass is 340 g/mol. The summed E-state index contributed by atoms with van der Waals surface area (Å²) in [5.74, 6) is 0.0547. The molecular weight excluding hydrogens is 320 g/mol. The third-order valence-electron chi connectivity index (χ3n) is 3.28. The van der Waals surface area contributed by atoms with E-state index in [1.165, 1.54) is 0 Å². The molecule has 20 heavy (non-hydrogen) atoms. The Kier molecular flexibility index (Phi) is 5.57. The number of hydrogen-bond donors (Lipinski definition) is 1. The molecule has 1 aromatic rings. The van der Waals surface area contributed by atoms with Gasteiger partial charge >= 0.3 is 0 Å². The van der Waals surface area contributed by atoms with E-state index in [-0.39, 0.29) is 18.1 Å². The van der Waals surface area contributed by atoms with Gasteiger partial charge in [0.05, 0.1) is 12.2 Å². The lowest BCUT2D eigenvalue weighted by Gasteiger charge is -2.35. The Labute approximate surface area is 128 Å². The number of carbonyl (C=O) groups excluding carboxylic acids is 1. The predicted octanol–water partition coefficient (Wildman–Crippen LogP) is 2.89. The SMILES string of the molecule is C[C@@H]1CN(CCC(=O)Nc2ccc(Br)cc2)C[C@H](C)O1. The summed E-state index contributed by atoms with van der Waals surface area (Å²) >= 11 is 3.37. The fourth-order valence-corrected chi connectivity index (χ4v) is 2.75. The molecule has 0 radical (unpaired) electrons. The molecule has 0 aromatic heterocycles. The van der Waals surface area contributed by atoms with Crippen molar-refractivity contribution in [2.45, 2.75) is 32.5 Å². The molecule has 2 rings (SSSR count). The zero-order valence-electron chi connectivity index (χ0n) is 11.9. The number of amides is 1. The largest absolute Gasteiger partial charge is 0.373 e. The maximum atomic E-state index is 11.9. The van der Waals surface area contributed by atoms with Crippen LogP contribution in [0.5, 0.6) is 0 Å². The van der Waals surface area contributed by atoms with Gasteiger partial charge in [0, 0.05) is 36.2 Å². The smallest absolute Gasteiger partial charge is 0.225 e. The second kappa shape index (κ2) is 7.20. The number of benzene rings is 1. The Morgan fingerprint density at radius 3 is 2.50 bits per heavy atom. The van der Waals surface area contributed by atoms with Gasteiger partial charge in [0.2, 0.25) is 5.91 Å². The minimum absolute atomic E-state index is 0.0547. The molecule has 0 unspecified atom stereocenters. The first kappa shape index (κ1) is 15.5. The average Bonchev–Trinajstić information content (AvgIpc) is 2.38. The molecule has 1 fully saturated rings. The maximum absolute atomic E-state index is 11.9. The Hall–Kier alpha value is -0.910. The van der Waals surface area contributed by atoms with Gasteiger partial charge in [-0.1, -0.05) is 15.9 Å². The van der Waals surface area contributed by atoms with Gasteiger partial charge < -0.3 is 10.1 Å². The maximum Gasteiger partial charge on any atom is 0.225 e. The van der Waals surface area contributed by atoms with Crippen LogP contribution in [-0.2, 0) is 9.53 Å². The highest BCUT2D eigenvalue weighted by Crippen LogP contribution is 2.15. The molecule has 1 N–H and O–H groups in total. The van der Waals surface area contributed by atoms with Crippen molar-refractivity contribution in [1.29, 1.82) is 0 Å². The van der Waals surface area contributed by atoms with Gasteiger partial charge in [0.15, 0.2) is 0 Å². The number of rotatable bonds is 4. The summed E-state index contributed by atoms with van der Waals surface area (Å²) in [4.78, 5) is 14.2. The Morgan fingerprint density at radius 2 is 1.90 bits per heavy atom. The highest BCUT2D eigenvalue weighted by Gasteiger charge is 2.22. The molecule has 110 valence electrons. The summed E-state index contributed by atoms with van der Waals surface area (Å²) in [6.07, 6.45) is 0.997. The van der Waals surface area contributed by atoms with E-state index in [1.54, 1.807) is 0 Å². The van der Waals surface area contributed by atoms with Crippen molar-refractivity contribution < 1.29 is 9.53 Å². The molecule has 0 saturated carbocycles. The van der Waals surface area contributed by atoms with Crippen molar-refractivity contribution in [3.8, 4) is 0 Å². The number of hydrogen-bond acceptors (Lipinski definition) is 3. The lowest BCUT2D eigenvalue weighted by atomic mass is 10.2. The van der Waals surface area contributed by atoms with E-state index in [0.717, 1.165) is 29.8 Å². The molecular formula is C15H21BrN2O2. The van der Waals surface area contributed by atoms with Crippen LogP contribution in [-0.4, -0.2) is 42.6 Å². The molecule has 1 aliphatic rings. The molecule has 0 spiro atoms. The van der Waals surface area contributed by atoms with E-state index >= 15 is 0 Å². The number of ether oxygens (including phenoxy) is 1. The summed E-state index contributed by atoms with van der Waals surface area (Å²) < 4.78 is 6.69. The van der Waals surface area contributed by atoms with Gasteiger partial charge in [-0.2, -0.15) is 0 Å². The normalized spacial score (nSPS) is 23.6. The van der Waals surface area contributed by atoms with Gasteiger partial charge in [-0.05, 0) is 38.1 Å². The molecule has 2 atom stereocenters. The first-order valence-corrected chi connectivity index (χ1v) is 7.75. The fraction of sp³-hybridized carbons (Fsp3) is 0.533. The van der Waals surface area contributed by atoms with E-state index in [4.69, 9.17) is 4.74 Å². The third-order valence-corrected chi connectivity index (χ3v) is 3.81. The Bertz CT molecular complexity index is 440. The van der Waals surface area contributed by atoms with E-state index in [0.29, 0.717) is 6.42 Å². The molecule has 0 aliphatic carbocycles. The minimum Gasteiger partial charge on any atom is -0.373 e. The predicted molar refractivity (Wildman–Crippen MR) is 83.8 cm³/mol. The lowest BCUT2D eigenvalue weighted by molar-refractivity contribution is -0.117. The number of morpholine rings is 1. The van der Waals surface area contributed by atoms with Crippen molar-refractivity contribution >= 4 is 27.5 Å².